The van der Waals surface area contributed by atoms with Gasteiger partial charge in [-0.1, -0.05) is 0 Å². The van der Waals surface area contributed by atoms with Gasteiger partial charge in [0, 0.05) is 0 Å². The van der Waals surface area contributed by atoms with Gasteiger partial charge in [-0.15, -0.1) is 0 Å². The van der Waals surface area contributed by atoms with Gasteiger partial charge in [-0.2, -0.15) is 74.6 Å². The second-order valence-corrected chi connectivity index (χ2v) is 4.49. The third-order valence-electron chi connectivity index (χ3n) is 2.64. The molecule has 0 fully saturated rings. The lowest BCUT2D eigenvalue weighted by Crippen LogP contribution is -2.76. The van der Waals surface area contributed by atoms with E-state index in [-0.39, 0.29) is 0 Å². The van der Waals surface area contributed by atoms with Crippen molar-refractivity contribution in [2.75, 3.05) is 0 Å². The zero-order chi connectivity index (χ0) is 22.7. The molecular weight excluding hydrogens is 451 g/mol. The lowest BCUT2D eigenvalue weighted by atomic mass is 9.91. The quantitative estimate of drug-likeness (QED) is 0.617. The van der Waals surface area contributed by atoms with Gasteiger partial charge in [0.25, 0.3) is 0 Å². The molecule has 0 amide bonds. The molecule has 27 heavy (non-hydrogen) atoms. The van der Waals surface area contributed by atoms with E-state index in [9.17, 15) is 74.6 Å². The van der Waals surface area contributed by atoms with Crippen LogP contribution in [0, 0.1) is 0 Å². The molecule has 19 heteroatoms. The van der Waals surface area contributed by atoms with Crippen molar-refractivity contribution in [2.45, 2.75) is 48.2 Å². The summed E-state index contributed by atoms with van der Waals surface area (Å²) in [5.74, 6) is -16.2. The molecule has 1 N–H and O–H groups in total. The minimum atomic E-state index is -8.26. The zero-order valence-electron chi connectivity index (χ0n) is 11.3. The van der Waals surface area contributed by atoms with Crippen LogP contribution >= 0.6 is 0 Å². The van der Waals surface area contributed by atoms with Gasteiger partial charge in [0.2, 0.25) is 0 Å². The first-order chi connectivity index (χ1) is 11.2. The van der Waals surface area contributed by atoms with Gasteiger partial charge < -0.3 is 5.11 Å². The topological polar surface area (TPSA) is 29.5 Å². The molecule has 0 aliphatic heterocycles. The van der Waals surface area contributed by atoms with E-state index in [4.69, 9.17) is 5.11 Å². The molecule has 0 radical (unpaired) electrons. The summed E-state index contributed by atoms with van der Waals surface area (Å²) in [4.78, 5) is 0. The van der Waals surface area contributed by atoms with Crippen LogP contribution in [0.4, 0.5) is 74.6 Å². The number of ether oxygens (including phenoxy) is 1. The molecule has 1 atom stereocenters. The van der Waals surface area contributed by atoms with Crippen molar-refractivity contribution >= 4 is 0 Å². The molecule has 0 aliphatic carbocycles. The fourth-order valence-electron chi connectivity index (χ4n) is 1.27. The number of hydrogen-bond acceptors (Lipinski definition) is 2. The van der Waals surface area contributed by atoms with Crippen LogP contribution in [-0.2, 0) is 4.74 Å². The van der Waals surface area contributed by atoms with E-state index in [2.05, 4.69) is 0 Å². The Balaban J connectivity index is 6.87. The third kappa shape index (κ3) is 3.70. The number of alkyl halides is 17. The zero-order valence-corrected chi connectivity index (χ0v) is 11.3. The largest absolute Gasteiger partial charge is 0.462 e. The van der Waals surface area contributed by atoms with Crippen LogP contribution in [0.2, 0.25) is 0 Å². The lowest BCUT2D eigenvalue weighted by molar-refractivity contribution is -0.542. The molecule has 0 aromatic carbocycles. The highest BCUT2D eigenvalue weighted by Gasteiger charge is 2.92. The highest BCUT2D eigenvalue weighted by Crippen LogP contribution is 2.60. The van der Waals surface area contributed by atoms with Gasteiger partial charge in [-0.05, 0) is 0 Å². The molecule has 0 rings (SSSR count). The van der Waals surface area contributed by atoms with E-state index in [1.54, 1.807) is 0 Å². The maximum Gasteiger partial charge on any atom is 0.462 e. The predicted octanol–water partition coefficient (Wildman–Crippen LogP) is 4.88. The van der Waals surface area contributed by atoms with E-state index >= 15 is 0 Å². The monoisotopic (exact) mass is 452 g/mol. The van der Waals surface area contributed by atoms with Crippen molar-refractivity contribution < 1.29 is 84.5 Å². The molecule has 0 unspecified atom stereocenters. The predicted molar refractivity (Wildman–Crippen MR) is 44.0 cm³/mol. The van der Waals surface area contributed by atoms with E-state index in [0.29, 0.717) is 0 Å². The SMILES string of the molecule is OC(C(F)(F)F)(C(F)(F)F)[C@@](F)(OC(F)(F)C(F)(F)C(F)(F)F)C(F)(F)F. The normalized spacial score (nSPS) is 18.4. The van der Waals surface area contributed by atoms with Gasteiger partial charge >= 0.3 is 48.2 Å². The van der Waals surface area contributed by atoms with E-state index in [1.807, 2.05) is 0 Å². The van der Waals surface area contributed by atoms with Crippen LogP contribution < -0.4 is 0 Å². The smallest absolute Gasteiger partial charge is 0.369 e. The van der Waals surface area contributed by atoms with E-state index in [0.717, 1.165) is 4.74 Å². The minimum absolute atomic E-state index is 1.11. The Bertz CT molecular complexity index is 521. The Morgan fingerprint density at radius 3 is 0.926 bits per heavy atom. The van der Waals surface area contributed by atoms with Crippen molar-refractivity contribution in [3.8, 4) is 0 Å². The molecule has 0 bridgehead atoms. The standard InChI is InChI=1S/C8HF17O2/c9-2(10,6(18,19)20)8(24,25)27-3(11,7(21,22)23)1(26,4(12,13)14)5(15,16)17/h26H/t3-/m1/s1. The van der Waals surface area contributed by atoms with Gasteiger partial charge in [-0.25, -0.2) is 0 Å². The molecule has 2 nitrogen and oxygen atoms in total. The second-order valence-electron chi connectivity index (χ2n) is 4.49. The van der Waals surface area contributed by atoms with Gasteiger partial charge in [0.1, 0.15) is 0 Å². The number of halogens is 17. The number of rotatable bonds is 4. The van der Waals surface area contributed by atoms with Gasteiger partial charge in [0.05, 0.1) is 0 Å². The molecule has 0 spiro atoms. The Morgan fingerprint density at radius 2 is 0.741 bits per heavy atom. The van der Waals surface area contributed by atoms with Crippen LogP contribution in [0.5, 0.6) is 0 Å². The minimum Gasteiger partial charge on any atom is -0.369 e. The van der Waals surface area contributed by atoms with Crippen molar-refractivity contribution in [1.82, 2.24) is 0 Å². The Kier molecular flexibility index (Phi) is 5.83. The third-order valence-corrected chi connectivity index (χ3v) is 2.64. The highest BCUT2D eigenvalue weighted by atomic mass is 19.4. The van der Waals surface area contributed by atoms with Crippen molar-refractivity contribution in [3.63, 3.8) is 0 Å². The fraction of sp³-hybridized carbons (Fsp3) is 1.00. The summed E-state index contributed by atoms with van der Waals surface area (Å²) >= 11 is 0. The van der Waals surface area contributed by atoms with Crippen LogP contribution in [0.25, 0.3) is 0 Å². The molecule has 0 saturated carbocycles. The maximum atomic E-state index is 13.5. The van der Waals surface area contributed by atoms with Crippen molar-refractivity contribution in [1.29, 1.82) is 0 Å². The van der Waals surface area contributed by atoms with Crippen LogP contribution in [0.15, 0.2) is 0 Å². The first-order valence-electron chi connectivity index (χ1n) is 5.34. The van der Waals surface area contributed by atoms with Crippen molar-refractivity contribution in [3.05, 3.63) is 0 Å². The summed E-state index contributed by atoms with van der Waals surface area (Å²) < 4.78 is 211. The van der Waals surface area contributed by atoms with Crippen LogP contribution in [0.3, 0.4) is 0 Å². The van der Waals surface area contributed by atoms with Gasteiger partial charge in [-0.3, -0.25) is 4.74 Å². The molecule has 0 aliphatic rings. The van der Waals surface area contributed by atoms with Crippen LogP contribution in [0.1, 0.15) is 0 Å². The Hall–Kier alpha value is -1.27. The molecule has 0 heterocycles. The average molecular weight is 452 g/mol. The van der Waals surface area contributed by atoms with E-state index < -0.39 is 48.2 Å². The first-order valence-corrected chi connectivity index (χ1v) is 5.34. The summed E-state index contributed by atoms with van der Waals surface area (Å²) in [6.07, 6.45) is -39.6. The average Bonchev–Trinajstić information content (AvgIpc) is 2.30. The van der Waals surface area contributed by atoms with Crippen molar-refractivity contribution in [2.24, 2.45) is 0 Å². The molecule has 0 aromatic rings. The molecule has 164 valence electrons. The van der Waals surface area contributed by atoms with E-state index in [1.165, 1.54) is 0 Å². The summed E-state index contributed by atoms with van der Waals surface area (Å²) in [6.45, 7) is 0. The summed E-state index contributed by atoms with van der Waals surface area (Å²) in [5.41, 5.74) is -8.03. The van der Waals surface area contributed by atoms with Gasteiger partial charge in [0.15, 0.2) is 0 Å². The summed E-state index contributed by atoms with van der Waals surface area (Å²) in [6, 6.07) is 0. The maximum absolute atomic E-state index is 13.5. The molecule has 0 aromatic heterocycles. The fourth-order valence-corrected chi connectivity index (χ4v) is 1.27. The Labute approximate surface area is 134 Å². The molecule has 0 saturated heterocycles. The summed E-state index contributed by atoms with van der Waals surface area (Å²) in [5, 5.41) is 8.24. The molecular formula is C8HF17O2. The lowest BCUT2D eigenvalue weighted by Gasteiger charge is -2.44. The number of hydrogen-bond donors (Lipinski definition) is 1. The first kappa shape index (κ1) is 25.7. The Morgan fingerprint density at radius 1 is 0.444 bits per heavy atom. The summed E-state index contributed by atoms with van der Waals surface area (Å²) in [7, 11) is 0. The highest BCUT2D eigenvalue weighted by molar-refractivity contribution is 5.10. The van der Waals surface area contributed by atoms with Crippen LogP contribution in [-0.4, -0.2) is 53.3 Å². The second kappa shape index (κ2) is 6.11. The number of aliphatic hydroxyl groups is 1.